The first-order chi connectivity index (χ1) is 7.69. The van der Waals surface area contributed by atoms with Gasteiger partial charge in [0.2, 0.25) is 0 Å². The molecule has 0 aliphatic carbocycles. The summed E-state index contributed by atoms with van der Waals surface area (Å²) >= 11 is 7.39. The van der Waals surface area contributed by atoms with Gasteiger partial charge in [-0.2, -0.15) is 0 Å². The van der Waals surface area contributed by atoms with Gasteiger partial charge in [-0.05, 0) is 27.7 Å². The number of hydrogen-bond donors (Lipinski definition) is 0. The molecular formula is C9H16I3O4V. The molecule has 102 valence electrons. The zero-order valence-electron chi connectivity index (χ0n) is 10.1. The van der Waals surface area contributed by atoms with Crippen molar-refractivity contribution in [3.05, 3.63) is 0 Å². The van der Waals surface area contributed by atoms with E-state index in [2.05, 4.69) is 59.9 Å². The van der Waals surface area contributed by atoms with Crippen molar-refractivity contribution < 1.29 is 24.0 Å². The van der Waals surface area contributed by atoms with Gasteiger partial charge in [0.25, 0.3) is 0 Å². The average Bonchev–Trinajstić information content (AvgIpc) is 2.17. The second kappa shape index (κ2) is 11.5. The summed E-state index contributed by atoms with van der Waals surface area (Å²) in [4.78, 5) is 22.2. The Morgan fingerprint density at radius 3 is 1.41 bits per heavy atom. The van der Waals surface area contributed by atoms with Gasteiger partial charge < -0.3 is 9.47 Å². The Balaban J connectivity index is 0. The molecule has 0 heterocycles. The van der Waals surface area contributed by atoms with Crippen LogP contribution in [0.15, 0.2) is 0 Å². The maximum absolute atomic E-state index is 11.3. The van der Waals surface area contributed by atoms with Crippen LogP contribution in [0.2, 0.25) is 0 Å². The predicted octanol–water partition coefficient (Wildman–Crippen LogP) is 3.79. The fourth-order valence-corrected chi connectivity index (χ4v) is 0.706. The van der Waals surface area contributed by atoms with Crippen LogP contribution in [0, 0.1) is 5.41 Å². The fraction of sp³-hybridized carbons (Fsp3) is 0.778. The Kier molecular flexibility index (Phi) is 14.3. The molecule has 0 saturated heterocycles. The second-order valence-corrected chi connectivity index (χ2v) is 38.6. The standard InChI is InChI=1S/C9H16O4.3HI.V/c1-5-12-7(10)9(3,4)8(11)13-6-2;;;;/h5-6H2,1-4H3;3*1H;/q;;;;+3/p-3. The van der Waals surface area contributed by atoms with Crippen molar-refractivity contribution >= 4 is 71.9 Å². The quantitative estimate of drug-likeness (QED) is 0.273. The van der Waals surface area contributed by atoms with Gasteiger partial charge in [0.15, 0.2) is 5.41 Å². The van der Waals surface area contributed by atoms with E-state index in [1.54, 1.807) is 13.8 Å². The summed E-state index contributed by atoms with van der Waals surface area (Å²) in [6, 6.07) is 0. The third-order valence-electron chi connectivity index (χ3n) is 1.57. The van der Waals surface area contributed by atoms with E-state index in [4.69, 9.17) is 9.47 Å². The summed E-state index contributed by atoms with van der Waals surface area (Å²) in [5.41, 5.74) is -1.20. The number of carbonyl (C=O) groups excluding carboxylic acids is 2. The van der Waals surface area contributed by atoms with Crippen LogP contribution >= 0.6 is 59.9 Å². The van der Waals surface area contributed by atoms with E-state index in [9.17, 15) is 9.59 Å². The molecule has 0 atom stereocenters. The van der Waals surface area contributed by atoms with E-state index in [0.29, 0.717) is 0 Å². The number of halogens is 3. The second-order valence-electron chi connectivity index (χ2n) is 3.26. The van der Waals surface area contributed by atoms with Crippen molar-refractivity contribution in [1.29, 1.82) is 0 Å². The zero-order chi connectivity index (χ0) is 14.1. The topological polar surface area (TPSA) is 52.6 Å². The first-order valence-corrected chi connectivity index (χ1v) is 18.3. The van der Waals surface area contributed by atoms with Gasteiger partial charge in [-0.1, -0.05) is 0 Å². The normalized spacial score (nSPS) is 10.4. The molecule has 0 radical (unpaired) electrons. The van der Waals surface area contributed by atoms with Gasteiger partial charge in [0.05, 0.1) is 13.2 Å². The Bertz CT molecular complexity index is 224. The molecule has 0 aromatic heterocycles. The SMILES string of the molecule is CCOC(=O)C(C)(C)C(=O)OCC.[I][V]([I])[I]. The van der Waals surface area contributed by atoms with Crippen LogP contribution in [0.4, 0.5) is 0 Å². The molecule has 0 rings (SSSR count). The van der Waals surface area contributed by atoms with E-state index < -0.39 is 17.4 Å². The van der Waals surface area contributed by atoms with E-state index in [-0.39, 0.29) is 18.1 Å². The van der Waals surface area contributed by atoms with E-state index >= 15 is 0 Å². The number of hydrogen-bond acceptors (Lipinski definition) is 4. The molecule has 0 amide bonds. The van der Waals surface area contributed by atoms with Gasteiger partial charge in [0, 0.05) is 0 Å². The Morgan fingerprint density at radius 2 is 1.24 bits per heavy atom. The minimum absolute atomic E-state index is 0.266. The van der Waals surface area contributed by atoms with Crippen LogP contribution in [0.3, 0.4) is 0 Å². The van der Waals surface area contributed by atoms with E-state index in [1.807, 2.05) is 0 Å². The van der Waals surface area contributed by atoms with Crippen molar-refractivity contribution in [3.8, 4) is 0 Å². The van der Waals surface area contributed by atoms with Gasteiger partial charge in [-0.15, -0.1) is 0 Å². The summed E-state index contributed by atoms with van der Waals surface area (Å²) in [5, 5.41) is 0. The van der Waals surface area contributed by atoms with E-state index in [1.165, 1.54) is 13.8 Å². The molecule has 0 spiro atoms. The van der Waals surface area contributed by atoms with Crippen LogP contribution in [0.25, 0.3) is 0 Å². The van der Waals surface area contributed by atoms with Crippen LogP contribution in [-0.2, 0) is 24.0 Å². The Hall–Kier alpha value is 1.71. The summed E-state index contributed by atoms with van der Waals surface area (Å²) in [7, 11) is 0. The molecule has 0 bridgehead atoms. The third-order valence-corrected chi connectivity index (χ3v) is 1.57. The minimum atomic E-state index is -1.20. The van der Waals surface area contributed by atoms with Crippen LogP contribution < -0.4 is 0 Å². The van der Waals surface area contributed by atoms with Gasteiger partial charge in [-0.3, -0.25) is 9.59 Å². The number of esters is 2. The van der Waals surface area contributed by atoms with Crippen molar-refractivity contribution in [2.24, 2.45) is 5.41 Å². The molecule has 0 unspecified atom stereocenters. The van der Waals surface area contributed by atoms with Crippen LogP contribution in [-0.4, -0.2) is 25.2 Å². The summed E-state index contributed by atoms with van der Waals surface area (Å²) < 4.78 is 9.47. The Morgan fingerprint density at radius 1 is 1.00 bits per heavy atom. The molecule has 0 aromatic rings. The molecule has 0 fully saturated rings. The zero-order valence-corrected chi connectivity index (χ0v) is 18.0. The monoisotopic (exact) mass is 620 g/mol. The van der Waals surface area contributed by atoms with Crippen molar-refractivity contribution in [2.45, 2.75) is 27.7 Å². The molecule has 17 heavy (non-hydrogen) atoms. The molecule has 0 aliphatic heterocycles. The molecule has 8 heteroatoms. The van der Waals surface area contributed by atoms with E-state index in [0.717, 1.165) is 0 Å². The number of rotatable bonds is 4. The summed E-state index contributed by atoms with van der Waals surface area (Å²) in [6.45, 7) is 6.90. The molecule has 0 saturated carbocycles. The molecule has 0 N–H and O–H groups in total. The van der Waals surface area contributed by atoms with Crippen molar-refractivity contribution in [2.75, 3.05) is 13.2 Å². The first kappa shape index (κ1) is 21.0. The van der Waals surface area contributed by atoms with Crippen molar-refractivity contribution in [1.82, 2.24) is 0 Å². The third kappa shape index (κ3) is 11.3. The predicted molar refractivity (Wildman–Crippen MR) is 89.1 cm³/mol. The van der Waals surface area contributed by atoms with Crippen molar-refractivity contribution in [3.63, 3.8) is 0 Å². The van der Waals surface area contributed by atoms with Gasteiger partial charge in [0.1, 0.15) is 0 Å². The fourth-order valence-electron chi connectivity index (χ4n) is 0.706. The van der Waals surface area contributed by atoms with Crippen LogP contribution in [0.5, 0.6) is 0 Å². The number of ether oxygens (including phenoxy) is 2. The van der Waals surface area contributed by atoms with Crippen LogP contribution in [0.1, 0.15) is 27.7 Å². The van der Waals surface area contributed by atoms with Gasteiger partial charge in [-0.25, -0.2) is 0 Å². The molecule has 0 aromatic carbocycles. The first-order valence-electron chi connectivity index (χ1n) is 4.82. The maximum atomic E-state index is 11.3. The molecule has 0 aliphatic rings. The average molecular weight is 620 g/mol. The molecular weight excluding hydrogens is 604 g/mol. The van der Waals surface area contributed by atoms with Gasteiger partial charge >= 0.3 is 76.8 Å². The summed E-state index contributed by atoms with van der Waals surface area (Å²) in [5.74, 6) is -1.10. The number of carbonyl (C=O) groups is 2. The summed E-state index contributed by atoms with van der Waals surface area (Å²) in [6.07, 6.45) is 0. The molecule has 4 nitrogen and oxygen atoms in total. The Labute approximate surface area is 140 Å².